The zero-order valence-corrected chi connectivity index (χ0v) is 7.49. The van der Waals surface area contributed by atoms with Crippen molar-refractivity contribution in [1.29, 1.82) is 0 Å². The van der Waals surface area contributed by atoms with Crippen molar-refractivity contribution in [2.24, 2.45) is 0 Å². The van der Waals surface area contributed by atoms with Gasteiger partial charge < -0.3 is 10.0 Å². The van der Waals surface area contributed by atoms with E-state index in [1.165, 1.54) is 5.56 Å². The molecule has 0 unspecified atom stereocenters. The molecular formula is C9H14N2O. The van der Waals surface area contributed by atoms with Gasteiger partial charge in [-0.3, -0.25) is 0 Å². The molecule has 0 aliphatic carbocycles. The normalized spacial score (nSPS) is 9.92. The molecule has 1 aromatic rings. The number of aliphatic hydroxyl groups is 1. The van der Waals surface area contributed by atoms with Gasteiger partial charge in [0.25, 0.3) is 0 Å². The lowest BCUT2D eigenvalue weighted by molar-refractivity contribution is 0.304. The Labute approximate surface area is 72.7 Å². The first-order valence-corrected chi connectivity index (χ1v) is 3.98. The molecule has 0 aliphatic rings. The highest BCUT2D eigenvalue weighted by Gasteiger charge is 1.99. The lowest BCUT2D eigenvalue weighted by Crippen LogP contribution is -2.22. The summed E-state index contributed by atoms with van der Waals surface area (Å²) < 4.78 is 0. The van der Waals surface area contributed by atoms with Crippen molar-refractivity contribution in [3.8, 4) is 0 Å². The summed E-state index contributed by atoms with van der Waals surface area (Å²) in [5.41, 5.74) is 1.18. The van der Waals surface area contributed by atoms with Crippen LogP contribution in [-0.2, 0) is 0 Å². The van der Waals surface area contributed by atoms with E-state index in [9.17, 15) is 0 Å². The van der Waals surface area contributed by atoms with Crippen LogP contribution in [0.5, 0.6) is 0 Å². The number of rotatable bonds is 3. The van der Waals surface area contributed by atoms with Crippen molar-refractivity contribution >= 4 is 5.82 Å². The largest absolute Gasteiger partial charge is 0.395 e. The summed E-state index contributed by atoms with van der Waals surface area (Å²) in [6.07, 6.45) is 1.78. The van der Waals surface area contributed by atoms with Gasteiger partial charge in [0, 0.05) is 19.8 Å². The molecule has 0 fully saturated rings. The van der Waals surface area contributed by atoms with E-state index in [1.54, 1.807) is 6.20 Å². The van der Waals surface area contributed by atoms with Gasteiger partial charge in [0.2, 0.25) is 0 Å². The SMILES string of the molecule is Cc1ccnc(N(C)CCO)c1. The van der Waals surface area contributed by atoms with Crippen molar-refractivity contribution in [2.45, 2.75) is 6.92 Å². The maximum absolute atomic E-state index is 8.70. The molecule has 0 radical (unpaired) electrons. The van der Waals surface area contributed by atoms with Crippen LogP contribution in [0.3, 0.4) is 0 Å². The summed E-state index contributed by atoms with van der Waals surface area (Å²) >= 11 is 0. The molecule has 0 aromatic carbocycles. The summed E-state index contributed by atoms with van der Waals surface area (Å²) in [7, 11) is 1.91. The summed E-state index contributed by atoms with van der Waals surface area (Å²) in [5, 5.41) is 8.70. The van der Waals surface area contributed by atoms with E-state index >= 15 is 0 Å². The molecule has 0 saturated heterocycles. The van der Waals surface area contributed by atoms with Gasteiger partial charge in [-0.2, -0.15) is 0 Å². The molecule has 1 heterocycles. The molecule has 1 rings (SSSR count). The summed E-state index contributed by atoms with van der Waals surface area (Å²) in [4.78, 5) is 6.10. The molecule has 0 saturated carbocycles. The van der Waals surface area contributed by atoms with Crippen LogP contribution < -0.4 is 4.90 Å². The Morgan fingerprint density at radius 2 is 2.33 bits per heavy atom. The van der Waals surface area contributed by atoms with Crippen LogP contribution in [-0.4, -0.2) is 30.3 Å². The van der Waals surface area contributed by atoms with E-state index in [0.717, 1.165) is 5.82 Å². The molecule has 0 atom stereocenters. The molecule has 0 bridgehead atoms. The van der Waals surface area contributed by atoms with Gasteiger partial charge in [-0.05, 0) is 24.6 Å². The maximum Gasteiger partial charge on any atom is 0.128 e. The van der Waals surface area contributed by atoms with Crippen LogP contribution in [0.25, 0.3) is 0 Å². The van der Waals surface area contributed by atoms with Crippen LogP contribution in [0.1, 0.15) is 5.56 Å². The molecule has 66 valence electrons. The van der Waals surface area contributed by atoms with E-state index in [0.29, 0.717) is 6.54 Å². The van der Waals surface area contributed by atoms with Crippen molar-refractivity contribution in [1.82, 2.24) is 4.98 Å². The third-order valence-electron chi connectivity index (χ3n) is 1.73. The number of nitrogens with zero attached hydrogens (tertiary/aromatic N) is 2. The summed E-state index contributed by atoms with van der Waals surface area (Å²) in [6.45, 7) is 2.81. The zero-order valence-electron chi connectivity index (χ0n) is 7.49. The number of aliphatic hydroxyl groups excluding tert-OH is 1. The summed E-state index contributed by atoms with van der Waals surface area (Å²) in [6, 6.07) is 3.95. The molecule has 0 amide bonds. The molecule has 0 aliphatic heterocycles. The van der Waals surface area contributed by atoms with E-state index in [2.05, 4.69) is 4.98 Å². The van der Waals surface area contributed by atoms with E-state index in [1.807, 2.05) is 31.0 Å². The Kier molecular flexibility index (Phi) is 3.05. The third kappa shape index (κ3) is 2.20. The Hall–Kier alpha value is -1.09. The Morgan fingerprint density at radius 3 is 2.92 bits per heavy atom. The van der Waals surface area contributed by atoms with Gasteiger partial charge in [0.1, 0.15) is 5.82 Å². The second-order valence-corrected chi connectivity index (χ2v) is 2.84. The maximum atomic E-state index is 8.70. The molecule has 0 spiro atoms. The van der Waals surface area contributed by atoms with E-state index in [4.69, 9.17) is 5.11 Å². The topological polar surface area (TPSA) is 36.4 Å². The van der Waals surface area contributed by atoms with Crippen molar-refractivity contribution in [3.63, 3.8) is 0 Å². The second kappa shape index (κ2) is 4.07. The Balaban J connectivity index is 2.73. The van der Waals surface area contributed by atoms with Crippen molar-refractivity contribution < 1.29 is 5.11 Å². The molecule has 3 heteroatoms. The number of hydrogen-bond acceptors (Lipinski definition) is 3. The Bertz CT molecular complexity index is 250. The first-order valence-electron chi connectivity index (χ1n) is 3.98. The van der Waals surface area contributed by atoms with Gasteiger partial charge in [-0.1, -0.05) is 0 Å². The molecule has 3 nitrogen and oxygen atoms in total. The molecule has 1 N–H and O–H groups in total. The quantitative estimate of drug-likeness (QED) is 0.722. The van der Waals surface area contributed by atoms with Crippen molar-refractivity contribution in [3.05, 3.63) is 23.9 Å². The van der Waals surface area contributed by atoms with Crippen molar-refractivity contribution in [2.75, 3.05) is 25.1 Å². The van der Waals surface area contributed by atoms with Gasteiger partial charge in [0.15, 0.2) is 0 Å². The minimum atomic E-state index is 0.159. The highest BCUT2D eigenvalue weighted by atomic mass is 16.3. The predicted octanol–water partition coefficient (Wildman–Crippen LogP) is 0.819. The van der Waals surface area contributed by atoms with Crippen LogP contribution >= 0.6 is 0 Å². The van der Waals surface area contributed by atoms with Gasteiger partial charge in [-0.15, -0.1) is 0 Å². The average molecular weight is 166 g/mol. The fourth-order valence-corrected chi connectivity index (χ4v) is 0.994. The highest BCUT2D eigenvalue weighted by Crippen LogP contribution is 2.08. The fraction of sp³-hybridized carbons (Fsp3) is 0.444. The Morgan fingerprint density at radius 1 is 1.58 bits per heavy atom. The number of anilines is 1. The number of pyridine rings is 1. The minimum absolute atomic E-state index is 0.159. The molecule has 1 aromatic heterocycles. The minimum Gasteiger partial charge on any atom is -0.395 e. The smallest absolute Gasteiger partial charge is 0.128 e. The van der Waals surface area contributed by atoms with E-state index in [-0.39, 0.29) is 6.61 Å². The van der Waals surface area contributed by atoms with Gasteiger partial charge >= 0.3 is 0 Å². The van der Waals surface area contributed by atoms with Gasteiger partial charge in [-0.25, -0.2) is 4.98 Å². The number of aryl methyl sites for hydroxylation is 1. The molecular weight excluding hydrogens is 152 g/mol. The van der Waals surface area contributed by atoms with Gasteiger partial charge in [0.05, 0.1) is 6.61 Å². The fourth-order valence-electron chi connectivity index (χ4n) is 0.994. The third-order valence-corrected chi connectivity index (χ3v) is 1.73. The second-order valence-electron chi connectivity index (χ2n) is 2.84. The zero-order chi connectivity index (χ0) is 8.97. The standard InChI is InChI=1S/C9H14N2O/c1-8-3-4-10-9(7-8)11(2)5-6-12/h3-4,7,12H,5-6H2,1-2H3. The molecule has 12 heavy (non-hydrogen) atoms. The van der Waals surface area contributed by atoms with Crippen LogP contribution in [0.4, 0.5) is 5.82 Å². The number of aromatic nitrogens is 1. The van der Waals surface area contributed by atoms with Crippen LogP contribution in [0, 0.1) is 6.92 Å². The highest BCUT2D eigenvalue weighted by molar-refractivity contribution is 5.39. The average Bonchev–Trinajstić information content (AvgIpc) is 2.05. The monoisotopic (exact) mass is 166 g/mol. The van der Waals surface area contributed by atoms with Crippen LogP contribution in [0.15, 0.2) is 18.3 Å². The first kappa shape index (κ1) is 9.00. The predicted molar refractivity (Wildman–Crippen MR) is 49.3 cm³/mol. The van der Waals surface area contributed by atoms with E-state index < -0.39 is 0 Å². The first-order chi connectivity index (χ1) is 5.74. The number of likely N-dealkylation sites (N-methyl/N-ethyl adjacent to an activating group) is 1. The van der Waals surface area contributed by atoms with Crippen LogP contribution in [0.2, 0.25) is 0 Å². The number of hydrogen-bond donors (Lipinski definition) is 1. The lowest BCUT2D eigenvalue weighted by Gasteiger charge is -2.16. The lowest BCUT2D eigenvalue weighted by atomic mass is 10.3. The summed E-state index contributed by atoms with van der Waals surface area (Å²) in [5.74, 6) is 0.907.